The number of carboxylic acid groups (broad SMARTS) is 1. The lowest BCUT2D eigenvalue weighted by molar-refractivity contribution is -0.384. The molecule has 102 valence electrons. The molecule has 0 atom stereocenters. The third-order valence-corrected chi connectivity index (χ3v) is 3.59. The van der Waals surface area contributed by atoms with E-state index in [4.69, 9.17) is 0 Å². The summed E-state index contributed by atoms with van der Waals surface area (Å²) in [5.74, 6) is -0.726. The first-order valence-corrected chi connectivity index (χ1v) is 6.12. The zero-order chi connectivity index (χ0) is 13.9. The van der Waals surface area contributed by atoms with Crippen LogP contribution in [0.4, 0.5) is 11.5 Å². The molecule has 0 aliphatic heterocycles. The van der Waals surface area contributed by atoms with Gasteiger partial charge in [0.1, 0.15) is 0 Å². The van der Waals surface area contributed by atoms with Crippen molar-refractivity contribution in [1.29, 1.82) is 0 Å². The van der Waals surface area contributed by atoms with E-state index in [-0.39, 0.29) is 18.1 Å². The fourth-order valence-corrected chi connectivity index (χ4v) is 2.45. The Kier molecular flexibility index (Phi) is 3.64. The highest BCUT2D eigenvalue weighted by molar-refractivity contribution is 5.76. The molecule has 2 N–H and O–H groups in total. The monoisotopic (exact) mass is 265 g/mol. The highest BCUT2D eigenvalue weighted by Gasteiger charge is 2.41. The summed E-state index contributed by atoms with van der Waals surface area (Å²) in [4.78, 5) is 25.6. The number of hydrogen-bond donors (Lipinski definition) is 2. The zero-order valence-corrected chi connectivity index (χ0v) is 10.3. The molecule has 1 aromatic rings. The summed E-state index contributed by atoms with van der Waals surface area (Å²) in [7, 11) is 0. The van der Waals surface area contributed by atoms with Crippen LogP contribution in [0.25, 0.3) is 0 Å². The molecule has 1 fully saturated rings. The smallest absolute Gasteiger partial charge is 0.311 e. The molecule has 0 amide bonds. The summed E-state index contributed by atoms with van der Waals surface area (Å²) in [6.45, 7) is 0.167. The molecule has 2 rings (SSSR count). The van der Waals surface area contributed by atoms with Crippen LogP contribution in [0.15, 0.2) is 18.3 Å². The van der Waals surface area contributed by atoms with Crippen molar-refractivity contribution in [3.05, 3.63) is 28.4 Å². The van der Waals surface area contributed by atoms with Crippen molar-refractivity contribution in [2.45, 2.75) is 25.7 Å². The first-order chi connectivity index (χ1) is 9.05. The molecule has 7 heteroatoms. The first kappa shape index (κ1) is 13.3. The van der Waals surface area contributed by atoms with Gasteiger partial charge in [-0.3, -0.25) is 14.9 Å². The van der Waals surface area contributed by atoms with Crippen LogP contribution in [0.3, 0.4) is 0 Å². The minimum atomic E-state index is -0.851. The quantitative estimate of drug-likeness (QED) is 0.623. The van der Waals surface area contributed by atoms with Crippen molar-refractivity contribution < 1.29 is 14.8 Å². The number of pyridine rings is 1. The van der Waals surface area contributed by atoms with Crippen LogP contribution in [0.2, 0.25) is 0 Å². The van der Waals surface area contributed by atoms with Gasteiger partial charge in [-0.25, -0.2) is 4.98 Å². The van der Waals surface area contributed by atoms with Gasteiger partial charge < -0.3 is 10.4 Å². The number of hydrogen-bond acceptors (Lipinski definition) is 5. The van der Waals surface area contributed by atoms with E-state index in [0.29, 0.717) is 12.8 Å². The van der Waals surface area contributed by atoms with Gasteiger partial charge in [0, 0.05) is 18.8 Å². The number of aliphatic carboxylic acids is 1. The second kappa shape index (κ2) is 5.21. The van der Waals surface area contributed by atoms with E-state index in [0.717, 1.165) is 12.8 Å². The van der Waals surface area contributed by atoms with Gasteiger partial charge in [0.2, 0.25) is 5.82 Å². The van der Waals surface area contributed by atoms with Gasteiger partial charge >= 0.3 is 11.7 Å². The van der Waals surface area contributed by atoms with E-state index in [1.54, 1.807) is 0 Å². The summed E-state index contributed by atoms with van der Waals surface area (Å²) < 4.78 is 0. The maximum absolute atomic E-state index is 11.4. The molecule has 19 heavy (non-hydrogen) atoms. The average Bonchev–Trinajstić information content (AvgIpc) is 2.86. The Morgan fingerprint density at radius 3 is 2.79 bits per heavy atom. The third-order valence-electron chi connectivity index (χ3n) is 3.59. The van der Waals surface area contributed by atoms with Crippen LogP contribution in [0.5, 0.6) is 0 Å². The van der Waals surface area contributed by atoms with E-state index < -0.39 is 16.3 Å². The van der Waals surface area contributed by atoms with Crippen molar-refractivity contribution in [1.82, 2.24) is 4.98 Å². The second-order valence-electron chi connectivity index (χ2n) is 4.77. The van der Waals surface area contributed by atoms with Crippen molar-refractivity contribution in [3.63, 3.8) is 0 Å². The number of carbonyl (C=O) groups is 1. The average molecular weight is 265 g/mol. The first-order valence-electron chi connectivity index (χ1n) is 6.12. The highest BCUT2D eigenvalue weighted by atomic mass is 16.6. The number of anilines is 1. The second-order valence-corrected chi connectivity index (χ2v) is 4.77. The van der Waals surface area contributed by atoms with Gasteiger partial charge in [-0.15, -0.1) is 0 Å². The summed E-state index contributed by atoms with van der Waals surface area (Å²) in [6, 6.07) is 2.82. The van der Waals surface area contributed by atoms with E-state index >= 15 is 0 Å². The fourth-order valence-electron chi connectivity index (χ4n) is 2.45. The molecule has 0 unspecified atom stereocenters. The molecular weight excluding hydrogens is 250 g/mol. The fraction of sp³-hybridized carbons (Fsp3) is 0.500. The Morgan fingerprint density at radius 2 is 2.21 bits per heavy atom. The van der Waals surface area contributed by atoms with Gasteiger partial charge in [-0.1, -0.05) is 12.8 Å². The van der Waals surface area contributed by atoms with Crippen LogP contribution in [0.1, 0.15) is 25.7 Å². The Bertz CT molecular complexity index is 498. The molecule has 1 saturated carbocycles. The lowest BCUT2D eigenvalue weighted by Crippen LogP contribution is -2.35. The van der Waals surface area contributed by atoms with Crippen molar-refractivity contribution in [2.75, 3.05) is 11.9 Å². The lowest BCUT2D eigenvalue weighted by Gasteiger charge is -2.24. The number of carboxylic acids is 1. The van der Waals surface area contributed by atoms with Gasteiger partial charge in [0.05, 0.1) is 10.3 Å². The van der Waals surface area contributed by atoms with E-state index in [9.17, 15) is 20.0 Å². The normalized spacial score (nSPS) is 17.1. The molecular formula is C12H15N3O4. The summed E-state index contributed by atoms with van der Waals surface area (Å²) in [5.41, 5.74) is -0.966. The Hall–Kier alpha value is -2.18. The third kappa shape index (κ3) is 2.64. The predicted molar refractivity (Wildman–Crippen MR) is 67.9 cm³/mol. The number of nitrogens with zero attached hydrogens (tertiary/aromatic N) is 2. The Balaban J connectivity index is 2.14. The Morgan fingerprint density at radius 1 is 1.53 bits per heavy atom. The van der Waals surface area contributed by atoms with E-state index in [2.05, 4.69) is 10.3 Å². The zero-order valence-electron chi connectivity index (χ0n) is 10.3. The molecule has 1 aromatic heterocycles. The minimum Gasteiger partial charge on any atom is -0.481 e. The van der Waals surface area contributed by atoms with Crippen LogP contribution in [0, 0.1) is 15.5 Å². The molecule has 1 heterocycles. The number of nitro groups is 1. The lowest BCUT2D eigenvalue weighted by atomic mass is 9.86. The molecule has 0 saturated heterocycles. The SMILES string of the molecule is O=C(O)C1(CNc2ncccc2[N+](=O)[O-])CCCC1. The largest absolute Gasteiger partial charge is 0.481 e. The standard InChI is InChI=1S/C12H15N3O4/c16-11(17)12(5-1-2-6-12)8-14-10-9(15(18)19)4-3-7-13-10/h3-4,7H,1-2,5-6,8H2,(H,13,14)(H,16,17). The van der Waals surface area contributed by atoms with Gasteiger partial charge in [-0.2, -0.15) is 0 Å². The molecule has 7 nitrogen and oxygen atoms in total. The maximum atomic E-state index is 11.4. The minimum absolute atomic E-state index is 0.125. The van der Waals surface area contributed by atoms with Crippen LogP contribution in [-0.4, -0.2) is 27.5 Å². The van der Waals surface area contributed by atoms with Crippen LogP contribution in [-0.2, 0) is 4.79 Å². The summed E-state index contributed by atoms with van der Waals surface area (Å²) in [6.07, 6.45) is 4.37. The van der Waals surface area contributed by atoms with Crippen LogP contribution < -0.4 is 5.32 Å². The summed E-state index contributed by atoms with van der Waals surface area (Å²) in [5, 5.41) is 23.0. The van der Waals surface area contributed by atoms with Gasteiger partial charge in [0.25, 0.3) is 0 Å². The summed E-state index contributed by atoms with van der Waals surface area (Å²) >= 11 is 0. The van der Waals surface area contributed by atoms with Crippen molar-refractivity contribution >= 4 is 17.5 Å². The van der Waals surface area contributed by atoms with E-state index in [1.165, 1.54) is 18.3 Å². The number of nitrogens with one attached hydrogen (secondary N) is 1. The molecule has 0 spiro atoms. The molecule has 0 bridgehead atoms. The van der Waals surface area contributed by atoms with Crippen LogP contribution >= 0.6 is 0 Å². The highest BCUT2D eigenvalue weighted by Crippen LogP contribution is 2.38. The van der Waals surface area contributed by atoms with Crippen molar-refractivity contribution in [3.8, 4) is 0 Å². The molecule has 1 aliphatic rings. The Labute approximate surface area is 109 Å². The molecule has 1 aliphatic carbocycles. The maximum Gasteiger partial charge on any atom is 0.311 e. The van der Waals surface area contributed by atoms with Crippen molar-refractivity contribution in [2.24, 2.45) is 5.41 Å². The van der Waals surface area contributed by atoms with E-state index in [1.807, 2.05) is 0 Å². The molecule has 0 aromatic carbocycles. The molecule has 0 radical (unpaired) electrons. The topological polar surface area (TPSA) is 105 Å². The van der Waals surface area contributed by atoms with Gasteiger partial charge in [0.15, 0.2) is 0 Å². The van der Waals surface area contributed by atoms with Gasteiger partial charge in [-0.05, 0) is 18.9 Å². The number of rotatable bonds is 5. The number of aromatic nitrogens is 1. The predicted octanol–water partition coefficient (Wildman–Crippen LogP) is 2.05.